The highest BCUT2D eigenvalue weighted by atomic mass is 16.4. The molecule has 54 heavy (non-hydrogen) atoms. The molecule has 292 valence electrons. The summed E-state index contributed by atoms with van der Waals surface area (Å²) in [6, 6.07) is 10.9. The number of aromatic amines is 1. The van der Waals surface area contributed by atoms with Gasteiger partial charge in [0.05, 0.1) is 12.8 Å². The summed E-state index contributed by atoms with van der Waals surface area (Å²) in [4.78, 5) is 93.4. The summed E-state index contributed by atoms with van der Waals surface area (Å²) in [7, 11) is 1.26. The quantitative estimate of drug-likeness (QED) is 0.0630. The van der Waals surface area contributed by atoms with Crippen molar-refractivity contribution in [2.75, 3.05) is 7.05 Å². The van der Waals surface area contributed by atoms with Crippen molar-refractivity contribution in [3.05, 3.63) is 71.9 Å². The molecule has 1 aromatic heterocycles. The number of hydrogen-bond donors (Lipinski definition) is 8. The summed E-state index contributed by atoms with van der Waals surface area (Å²) < 4.78 is 0. The van der Waals surface area contributed by atoms with Crippen molar-refractivity contribution in [3.63, 3.8) is 0 Å². The van der Waals surface area contributed by atoms with Crippen molar-refractivity contribution >= 4 is 52.3 Å². The van der Waals surface area contributed by atoms with Crippen LogP contribution in [-0.4, -0.2) is 82.7 Å². The van der Waals surface area contributed by atoms with Gasteiger partial charge in [-0.15, -0.1) is 0 Å². The van der Waals surface area contributed by atoms with Gasteiger partial charge in [0.25, 0.3) is 0 Å². The van der Waals surface area contributed by atoms with Gasteiger partial charge in [-0.25, -0.2) is 0 Å². The summed E-state index contributed by atoms with van der Waals surface area (Å²) in [5, 5.41) is 22.7. The molecule has 4 unspecified atom stereocenters. The zero-order valence-electron chi connectivity index (χ0n) is 31.0. The number of carbonyl (C=O) groups excluding carboxylic acids is 6. The van der Waals surface area contributed by atoms with Gasteiger partial charge in [0.2, 0.25) is 35.4 Å². The minimum absolute atomic E-state index is 0.0591. The highest BCUT2D eigenvalue weighted by Crippen LogP contribution is 2.20. The van der Waals surface area contributed by atoms with Crippen LogP contribution in [0.2, 0.25) is 0 Å². The number of amides is 6. The molecule has 3 rings (SSSR count). The number of unbranched alkanes of at least 4 members (excludes halogenated alkanes) is 6. The van der Waals surface area contributed by atoms with Crippen molar-refractivity contribution in [1.29, 1.82) is 0 Å². The fourth-order valence-corrected chi connectivity index (χ4v) is 6.08. The van der Waals surface area contributed by atoms with E-state index in [1.165, 1.54) is 13.5 Å². The Balaban J connectivity index is 1.87. The largest absolute Gasteiger partial charge is 0.481 e. The first-order chi connectivity index (χ1) is 25.9. The van der Waals surface area contributed by atoms with E-state index in [4.69, 9.17) is 5.73 Å². The first-order valence-electron chi connectivity index (χ1n) is 18.4. The van der Waals surface area contributed by atoms with Gasteiger partial charge in [-0.3, -0.25) is 33.6 Å². The normalized spacial score (nSPS) is 13.1. The molecule has 0 aliphatic rings. The van der Waals surface area contributed by atoms with Crippen LogP contribution in [-0.2, 0) is 46.4 Å². The Morgan fingerprint density at radius 3 is 1.85 bits per heavy atom. The van der Waals surface area contributed by atoms with Crippen molar-refractivity contribution < 1.29 is 38.7 Å². The Morgan fingerprint density at radius 1 is 0.667 bits per heavy atom. The third kappa shape index (κ3) is 14.4. The van der Waals surface area contributed by atoms with Gasteiger partial charge in [0, 0.05) is 43.4 Å². The Morgan fingerprint density at radius 2 is 1.22 bits per heavy atom. The molecular weight excluding hydrogens is 694 g/mol. The molecular formula is C39H53N7O8. The van der Waals surface area contributed by atoms with Crippen LogP contribution in [0.3, 0.4) is 0 Å². The molecule has 15 nitrogen and oxygen atoms in total. The van der Waals surface area contributed by atoms with Crippen LogP contribution in [0.1, 0.15) is 82.3 Å². The number of aromatic nitrogens is 1. The van der Waals surface area contributed by atoms with E-state index in [0.29, 0.717) is 12.0 Å². The molecule has 6 amide bonds. The van der Waals surface area contributed by atoms with Gasteiger partial charge in [0.1, 0.15) is 24.2 Å². The van der Waals surface area contributed by atoms with Crippen LogP contribution >= 0.6 is 0 Å². The fourth-order valence-electron chi connectivity index (χ4n) is 6.08. The number of benzene rings is 2. The van der Waals surface area contributed by atoms with E-state index in [2.05, 4.69) is 38.5 Å². The van der Waals surface area contributed by atoms with E-state index in [-0.39, 0.29) is 25.2 Å². The number of aliphatic carboxylic acids is 1. The van der Waals surface area contributed by atoms with Crippen LogP contribution in [0.4, 0.5) is 0 Å². The Bertz CT molecular complexity index is 1730. The highest BCUT2D eigenvalue weighted by molar-refractivity contribution is 5.98. The van der Waals surface area contributed by atoms with Crippen molar-refractivity contribution in [1.82, 2.24) is 31.6 Å². The first-order valence-corrected chi connectivity index (χ1v) is 18.4. The Labute approximate surface area is 315 Å². The van der Waals surface area contributed by atoms with E-state index in [1.807, 2.05) is 54.6 Å². The maximum atomic E-state index is 14.1. The van der Waals surface area contributed by atoms with Gasteiger partial charge < -0.3 is 42.4 Å². The van der Waals surface area contributed by atoms with Crippen LogP contribution in [0.25, 0.3) is 10.9 Å². The van der Waals surface area contributed by atoms with E-state index < -0.39 is 72.5 Å². The van der Waals surface area contributed by atoms with Gasteiger partial charge in [-0.05, 0) is 23.6 Å². The number of para-hydroxylation sites is 1. The molecule has 0 aliphatic carbocycles. The van der Waals surface area contributed by atoms with Crippen molar-refractivity contribution in [3.8, 4) is 0 Å². The average Bonchev–Trinajstić information content (AvgIpc) is 3.55. The van der Waals surface area contributed by atoms with Crippen molar-refractivity contribution in [2.45, 2.75) is 108 Å². The summed E-state index contributed by atoms with van der Waals surface area (Å²) in [5.41, 5.74) is 7.62. The van der Waals surface area contributed by atoms with Crippen LogP contribution in [0.5, 0.6) is 0 Å². The third-order valence-electron chi connectivity index (χ3n) is 8.97. The summed E-state index contributed by atoms with van der Waals surface area (Å²) in [6.45, 7) is 2.15. The third-order valence-corrected chi connectivity index (χ3v) is 8.97. The second-order valence-corrected chi connectivity index (χ2v) is 13.3. The molecule has 1 heterocycles. The minimum Gasteiger partial charge on any atom is -0.481 e. The number of hydrogen-bond acceptors (Lipinski definition) is 7. The second kappa shape index (κ2) is 22.4. The molecule has 15 heteroatoms. The minimum atomic E-state index is -1.62. The smallest absolute Gasteiger partial charge is 0.305 e. The van der Waals surface area contributed by atoms with Crippen molar-refractivity contribution in [2.24, 2.45) is 5.73 Å². The number of primary amides is 1. The number of nitrogens with two attached hydrogens (primary N) is 1. The summed E-state index contributed by atoms with van der Waals surface area (Å²) >= 11 is 0. The zero-order chi connectivity index (χ0) is 39.5. The topological polar surface area (TPSA) is 242 Å². The highest BCUT2D eigenvalue weighted by Gasteiger charge is 2.33. The SMILES string of the molecule is CCCCCCCCCC(=O)NC(Cc1ccccc1)C(=O)NC(Cc1c[nH]c2ccccc12)C(=O)NC(CC(N)=O)C(=O)NC(CC(=O)O)C(=O)NC. The molecule has 0 bridgehead atoms. The first kappa shape index (κ1) is 42.7. The Kier molecular flexibility index (Phi) is 17.7. The van der Waals surface area contributed by atoms with E-state index in [0.717, 1.165) is 48.6 Å². The molecule has 4 atom stereocenters. The number of fused-ring (bicyclic) bond motifs is 1. The number of H-pyrrole nitrogens is 1. The predicted octanol–water partition coefficient (Wildman–Crippen LogP) is 2.13. The Hall–Kier alpha value is -5.73. The maximum absolute atomic E-state index is 14.1. The van der Waals surface area contributed by atoms with E-state index in [9.17, 15) is 38.7 Å². The average molecular weight is 748 g/mol. The molecule has 0 saturated carbocycles. The van der Waals surface area contributed by atoms with Gasteiger partial charge in [-0.2, -0.15) is 0 Å². The molecule has 0 aliphatic heterocycles. The van der Waals surface area contributed by atoms with E-state index >= 15 is 0 Å². The lowest BCUT2D eigenvalue weighted by Gasteiger charge is -2.26. The van der Waals surface area contributed by atoms with E-state index in [1.54, 1.807) is 6.20 Å². The monoisotopic (exact) mass is 747 g/mol. The van der Waals surface area contributed by atoms with Crippen LogP contribution < -0.4 is 32.3 Å². The van der Waals surface area contributed by atoms with Gasteiger partial charge >= 0.3 is 5.97 Å². The number of carboxylic acids is 1. The van der Waals surface area contributed by atoms with Crippen LogP contribution in [0.15, 0.2) is 60.8 Å². The number of carboxylic acid groups (broad SMARTS) is 1. The molecule has 9 N–H and O–H groups in total. The van der Waals surface area contributed by atoms with Crippen LogP contribution in [0, 0.1) is 0 Å². The zero-order valence-corrected chi connectivity index (χ0v) is 31.0. The number of carbonyl (C=O) groups is 7. The number of nitrogens with one attached hydrogen (secondary N) is 6. The fraction of sp³-hybridized carbons (Fsp3) is 0.462. The lowest BCUT2D eigenvalue weighted by Crippen LogP contribution is -2.59. The lowest BCUT2D eigenvalue weighted by molar-refractivity contribution is -0.141. The lowest BCUT2D eigenvalue weighted by atomic mass is 10.0. The summed E-state index contributed by atoms with van der Waals surface area (Å²) in [6.07, 6.45) is 7.70. The maximum Gasteiger partial charge on any atom is 0.305 e. The molecule has 0 fully saturated rings. The number of rotatable bonds is 24. The predicted molar refractivity (Wildman–Crippen MR) is 203 cm³/mol. The standard InChI is InChI=1S/C39H53N7O8/c1-3-4-5-6-7-8-12-19-34(48)43-29(20-25-15-10-9-11-16-25)37(52)44-30(21-26-24-42-28-18-14-13-17-27(26)28)38(53)45-31(22-33(40)47)39(54)46-32(23-35(49)50)36(51)41-2/h9-11,13-18,24,29-32,42H,3-8,12,19-23H2,1-2H3,(H2,40,47)(H,41,51)(H,43,48)(H,44,52)(H,45,53)(H,46,54)(H,49,50). The molecule has 3 aromatic rings. The molecule has 0 spiro atoms. The van der Waals surface area contributed by atoms with Gasteiger partial charge in [-0.1, -0.05) is 94.0 Å². The van der Waals surface area contributed by atoms with Gasteiger partial charge in [0.15, 0.2) is 0 Å². The number of likely N-dealkylation sites (N-methyl/N-ethyl adjacent to an activating group) is 1. The summed E-state index contributed by atoms with van der Waals surface area (Å²) in [5.74, 6) is -6.00. The molecule has 2 aromatic carbocycles. The molecule has 0 radical (unpaired) electrons. The molecule has 0 saturated heterocycles. The second-order valence-electron chi connectivity index (χ2n) is 13.3.